The molecule has 0 bridgehead atoms. The number of hydrogen-bond donors (Lipinski definition) is 3. The number of nitrogens with zero attached hydrogens (tertiary/aromatic N) is 4. The zero-order valence-corrected chi connectivity index (χ0v) is 21.1. The summed E-state index contributed by atoms with van der Waals surface area (Å²) < 4.78 is 6.40. The molecule has 2 fully saturated rings. The van der Waals surface area contributed by atoms with Gasteiger partial charge in [0.1, 0.15) is 17.6 Å². The maximum Gasteiger partial charge on any atom is 0.404 e. The molecule has 0 aromatic carbocycles. The number of carboxylic acids is 1. The Morgan fingerprint density at radius 2 is 2.03 bits per heavy atom. The predicted octanol–water partition coefficient (Wildman–Crippen LogP) is 2.83. The molecule has 3 aromatic rings. The average Bonchev–Trinajstić information content (AvgIpc) is 3.29. The van der Waals surface area contributed by atoms with Crippen LogP contribution in [0.4, 0.5) is 15.7 Å². The van der Waals surface area contributed by atoms with Gasteiger partial charge in [0.25, 0.3) is 11.5 Å². The van der Waals surface area contributed by atoms with Gasteiger partial charge in [-0.2, -0.15) is 0 Å². The minimum Gasteiger partial charge on any atom is -0.478 e. The summed E-state index contributed by atoms with van der Waals surface area (Å²) in [5, 5.41) is 14.4. The van der Waals surface area contributed by atoms with E-state index in [0.29, 0.717) is 30.4 Å². The zero-order valence-electron chi connectivity index (χ0n) is 20.3. The van der Waals surface area contributed by atoms with Gasteiger partial charge in [-0.3, -0.25) is 19.3 Å². The maximum absolute atomic E-state index is 13.4. The summed E-state index contributed by atoms with van der Waals surface area (Å²) in [5.41, 5.74) is 6.22. The lowest BCUT2D eigenvalue weighted by molar-refractivity contribution is -0.131. The molecule has 198 valence electrons. The van der Waals surface area contributed by atoms with Crippen molar-refractivity contribution in [1.82, 2.24) is 14.4 Å². The van der Waals surface area contributed by atoms with Gasteiger partial charge >= 0.3 is 12.1 Å². The van der Waals surface area contributed by atoms with E-state index in [1.54, 1.807) is 4.90 Å². The van der Waals surface area contributed by atoms with E-state index in [0.717, 1.165) is 24.6 Å². The van der Waals surface area contributed by atoms with Crippen LogP contribution in [0.25, 0.3) is 11.7 Å². The number of ether oxygens (including phenoxy) is 1. The largest absolute Gasteiger partial charge is 0.478 e. The molecule has 1 aliphatic heterocycles. The normalized spacial score (nSPS) is 17.9. The predicted molar refractivity (Wildman–Crippen MR) is 141 cm³/mol. The van der Waals surface area contributed by atoms with Gasteiger partial charge in [-0.25, -0.2) is 19.6 Å². The van der Waals surface area contributed by atoms with E-state index in [1.807, 2.05) is 5.38 Å². The van der Waals surface area contributed by atoms with Gasteiger partial charge < -0.3 is 20.5 Å². The third-order valence-electron chi connectivity index (χ3n) is 6.73. The van der Waals surface area contributed by atoms with Gasteiger partial charge in [-0.15, -0.1) is 11.3 Å². The Bertz CT molecular complexity index is 1490. The number of amides is 2. The van der Waals surface area contributed by atoms with Crippen molar-refractivity contribution in [2.75, 3.05) is 23.3 Å². The molecule has 12 nitrogen and oxygen atoms in total. The van der Waals surface area contributed by atoms with E-state index < -0.39 is 23.7 Å². The number of carbonyl (C=O) groups excluding carboxylic acids is 2. The molecule has 3 aromatic heterocycles. The van der Waals surface area contributed by atoms with Crippen LogP contribution in [0.15, 0.2) is 34.6 Å². The molecule has 5 rings (SSSR count). The second kappa shape index (κ2) is 10.6. The fourth-order valence-electron chi connectivity index (χ4n) is 4.62. The third kappa shape index (κ3) is 5.37. The van der Waals surface area contributed by atoms with Crippen molar-refractivity contribution in [3.8, 4) is 0 Å². The van der Waals surface area contributed by atoms with Gasteiger partial charge in [0.05, 0.1) is 17.8 Å². The van der Waals surface area contributed by atoms with Crippen LogP contribution in [0.3, 0.4) is 0 Å². The Kier molecular flexibility index (Phi) is 7.09. The maximum atomic E-state index is 13.4. The van der Waals surface area contributed by atoms with Crippen LogP contribution in [0.2, 0.25) is 0 Å². The molecular formula is C25H26N6O6S. The van der Waals surface area contributed by atoms with Crippen LogP contribution >= 0.6 is 11.3 Å². The van der Waals surface area contributed by atoms with Crippen LogP contribution in [-0.4, -0.2) is 56.6 Å². The summed E-state index contributed by atoms with van der Waals surface area (Å²) in [6.07, 6.45) is 6.74. The van der Waals surface area contributed by atoms with Gasteiger partial charge in [-0.05, 0) is 43.9 Å². The van der Waals surface area contributed by atoms with Crippen molar-refractivity contribution >= 4 is 52.0 Å². The molecule has 1 saturated heterocycles. The molecular weight excluding hydrogens is 512 g/mol. The number of aromatic nitrogens is 3. The molecule has 0 radical (unpaired) electrons. The van der Waals surface area contributed by atoms with Crippen LogP contribution in [0.5, 0.6) is 0 Å². The number of aliphatic carboxylic acids is 1. The highest BCUT2D eigenvalue weighted by molar-refractivity contribution is 7.14. The van der Waals surface area contributed by atoms with Crippen LogP contribution in [-0.2, 0) is 9.53 Å². The van der Waals surface area contributed by atoms with Gasteiger partial charge in [-0.1, -0.05) is 6.42 Å². The lowest BCUT2D eigenvalue weighted by Gasteiger charge is -2.33. The number of carboxylic acid groups (broad SMARTS) is 1. The summed E-state index contributed by atoms with van der Waals surface area (Å²) in [6.45, 7) is 0.732. The molecule has 1 aliphatic carbocycles. The summed E-state index contributed by atoms with van der Waals surface area (Å²) in [6, 6.07) is 2.99. The fraction of sp³-hybridized carbons (Fsp3) is 0.360. The summed E-state index contributed by atoms with van der Waals surface area (Å²) in [7, 11) is 0. The smallest absolute Gasteiger partial charge is 0.404 e. The lowest BCUT2D eigenvalue weighted by atomic mass is 9.83. The number of thiazole rings is 1. The molecule has 38 heavy (non-hydrogen) atoms. The molecule has 13 heteroatoms. The van der Waals surface area contributed by atoms with Crippen molar-refractivity contribution < 1.29 is 24.2 Å². The van der Waals surface area contributed by atoms with Gasteiger partial charge in [0.2, 0.25) is 0 Å². The molecule has 1 unspecified atom stereocenters. The second-order valence-corrected chi connectivity index (χ2v) is 10.1. The number of anilines is 2. The number of piperidine rings is 1. The monoisotopic (exact) mass is 538 g/mol. The molecule has 2 amide bonds. The number of hydrogen-bond acceptors (Lipinski definition) is 9. The first kappa shape index (κ1) is 25.4. The summed E-state index contributed by atoms with van der Waals surface area (Å²) >= 11 is 1.37. The number of carbonyl (C=O) groups is 3. The minimum absolute atomic E-state index is 0.0631. The fourth-order valence-corrected chi connectivity index (χ4v) is 5.41. The van der Waals surface area contributed by atoms with Crippen molar-refractivity contribution in [1.29, 1.82) is 0 Å². The molecule has 1 saturated carbocycles. The van der Waals surface area contributed by atoms with Crippen LogP contribution in [0, 0.1) is 0 Å². The molecule has 2 aliphatic rings. The van der Waals surface area contributed by atoms with E-state index in [4.69, 9.17) is 15.6 Å². The standard InChI is InChI=1S/C25H26N6O6S/c26-24(36)37-16-5-2-9-30(12-16)21-17(6-7-20(32)33)23(35)31-10-8-15(11-19(31)28-21)22(34)29-25-27-18(13-38-25)14-3-1-4-14/h6-8,10-11,13-14,16H,1-5,9,12H2,(H2,26,36)(H,32,33)(H,27,29,34)/b7-6+. The summed E-state index contributed by atoms with van der Waals surface area (Å²) in [5.74, 6) is -0.920. The first-order chi connectivity index (χ1) is 18.3. The highest BCUT2D eigenvalue weighted by atomic mass is 32.1. The Morgan fingerprint density at radius 1 is 1.21 bits per heavy atom. The number of fused-ring (bicyclic) bond motifs is 1. The molecule has 0 spiro atoms. The summed E-state index contributed by atoms with van der Waals surface area (Å²) in [4.78, 5) is 59.7. The van der Waals surface area contributed by atoms with Gasteiger partial charge in [0, 0.05) is 35.7 Å². The highest BCUT2D eigenvalue weighted by Gasteiger charge is 2.27. The van der Waals surface area contributed by atoms with E-state index in [1.165, 1.54) is 46.6 Å². The van der Waals surface area contributed by atoms with Crippen molar-refractivity contribution in [3.63, 3.8) is 0 Å². The molecule has 4 heterocycles. The third-order valence-corrected chi connectivity index (χ3v) is 7.50. The van der Waals surface area contributed by atoms with Crippen LogP contribution < -0.4 is 21.5 Å². The molecule has 4 N–H and O–H groups in total. The second-order valence-electron chi connectivity index (χ2n) is 9.28. The quantitative estimate of drug-likeness (QED) is 0.383. The van der Waals surface area contributed by atoms with Crippen molar-refractivity contribution in [2.24, 2.45) is 5.73 Å². The Balaban J connectivity index is 1.48. The topological polar surface area (TPSA) is 169 Å². The van der Waals surface area contributed by atoms with Gasteiger partial charge in [0.15, 0.2) is 5.13 Å². The Morgan fingerprint density at radius 3 is 2.74 bits per heavy atom. The van der Waals surface area contributed by atoms with E-state index in [2.05, 4.69) is 15.3 Å². The number of primary amides is 1. The van der Waals surface area contributed by atoms with E-state index >= 15 is 0 Å². The van der Waals surface area contributed by atoms with Crippen molar-refractivity contribution in [3.05, 3.63) is 57.0 Å². The van der Waals surface area contributed by atoms with E-state index in [-0.39, 0.29) is 35.0 Å². The highest BCUT2D eigenvalue weighted by Crippen LogP contribution is 2.37. The number of pyridine rings is 1. The molecule has 1 atom stereocenters. The van der Waals surface area contributed by atoms with Crippen molar-refractivity contribution in [2.45, 2.75) is 44.1 Å². The average molecular weight is 539 g/mol. The number of rotatable bonds is 7. The number of nitrogens with one attached hydrogen (secondary N) is 1. The minimum atomic E-state index is -1.22. The van der Waals surface area contributed by atoms with Crippen LogP contribution in [0.1, 0.15) is 59.6 Å². The number of nitrogens with two attached hydrogens (primary N) is 1. The first-order valence-electron chi connectivity index (χ1n) is 12.2. The SMILES string of the molecule is NC(=O)OC1CCCN(c2nc3cc(C(=O)Nc4nc(C5CCC5)cs4)ccn3c(=O)c2/C=C/C(=O)O)C1. The Labute approximate surface area is 220 Å². The van der Waals surface area contributed by atoms with E-state index in [9.17, 15) is 19.2 Å². The zero-order chi connectivity index (χ0) is 26.8. The Hall–Kier alpha value is -4.26. The first-order valence-corrected chi connectivity index (χ1v) is 13.1. The lowest BCUT2D eigenvalue weighted by Crippen LogP contribution is -2.43.